The Morgan fingerprint density at radius 1 is 0.745 bits per heavy atom. The standard InChI is InChI=1S/C19H22ClN5O2.10I2/c1-13(26)25-8-6-16(7-9-25)24(2)19(27)23-18-12-21-17(11-22-18)14-4-3-5-15(20)10-14;10*1-2/h3-5,10-12,16H,6-9H2,1-2H3,(H,22,23,27);;;;;;;;;;. The third kappa shape index (κ3) is 47.2. The third-order valence-electron chi connectivity index (χ3n) is 4.79. The number of anilines is 1. The maximum Gasteiger partial charge on any atom is 0.323 e. The van der Waals surface area contributed by atoms with Crippen molar-refractivity contribution in [1.29, 1.82) is 0 Å². The van der Waals surface area contributed by atoms with E-state index in [1.54, 1.807) is 31.1 Å². The first-order valence-corrected chi connectivity index (χ1v) is 73.5. The molecule has 2 heterocycles. The predicted octanol–water partition coefficient (Wildman–Crippen LogP) is 21.0. The molecule has 47 heavy (non-hydrogen) atoms. The van der Waals surface area contributed by atoms with Crippen LogP contribution in [0.4, 0.5) is 10.6 Å². The number of urea groups is 1. The van der Waals surface area contributed by atoms with Crippen molar-refractivity contribution < 1.29 is 9.59 Å². The summed E-state index contributed by atoms with van der Waals surface area (Å²) >= 11 is 48.4. The van der Waals surface area contributed by atoms with E-state index in [1.807, 2.05) is 23.1 Å². The summed E-state index contributed by atoms with van der Waals surface area (Å²) < 4.78 is 0. The minimum Gasteiger partial charge on any atom is -0.343 e. The van der Waals surface area contributed by atoms with Gasteiger partial charge in [-0.15, -0.1) is 0 Å². The Morgan fingerprint density at radius 3 is 1.51 bits per heavy atom. The zero-order valence-electron chi connectivity index (χ0n) is 22.9. The molecule has 1 N–H and O–H groups in total. The highest BCUT2D eigenvalue weighted by Crippen LogP contribution is 2.21. The molecule has 0 aliphatic carbocycles. The fourth-order valence-corrected chi connectivity index (χ4v) is 3.31. The molecule has 28 heteroatoms. The van der Waals surface area contributed by atoms with E-state index in [9.17, 15) is 9.59 Å². The fourth-order valence-electron chi connectivity index (χ4n) is 3.12. The van der Waals surface area contributed by atoms with Crippen molar-refractivity contribution in [3.8, 4) is 11.3 Å². The number of nitrogens with zero attached hydrogens (tertiary/aromatic N) is 4. The van der Waals surface area contributed by atoms with Crippen molar-refractivity contribution in [3.05, 3.63) is 41.7 Å². The van der Waals surface area contributed by atoms with Gasteiger partial charge in [0.2, 0.25) is 5.91 Å². The minimum atomic E-state index is -0.235. The van der Waals surface area contributed by atoms with E-state index in [4.69, 9.17) is 11.6 Å². The van der Waals surface area contributed by atoms with Crippen LogP contribution >= 0.6 is 384 Å². The van der Waals surface area contributed by atoms with Gasteiger partial charge in [0, 0.05) is 416 Å². The first kappa shape index (κ1) is 76.2. The summed E-state index contributed by atoms with van der Waals surface area (Å²) in [6.45, 7) is 2.92. The normalized spacial score (nSPS) is 9.72. The first-order chi connectivity index (χ1) is 22.9. The van der Waals surface area contributed by atoms with E-state index in [-0.39, 0.29) is 18.0 Å². The quantitative estimate of drug-likeness (QED) is 0.311. The lowest BCUT2D eigenvalue weighted by Crippen LogP contribution is -2.48. The lowest BCUT2D eigenvalue weighted by Gasteiger charge is -2.36. The SMILES string of the molecule is CC(=O)N1CCC(N(C)C(=O)Nc2cnc(-c3cccc(Cl)c3)cn2)CC1.II.II.II.II.II.II.II.II.II.II. The second-order valence-corrected chi connectivity index (χ2v) is 7.01. The number of benzene rings is 1. The zero-order valence-corrected chi connectivity index (χ0v) is 66.8. The highest BCUT2D eigenvalue weighted by atomic mass is 128. The zero-order chi connectivity index (χ0) is 39.4. The molecular weight excluding hydrogens is 2900 g/mol. The van der Waals surface area contributed by atoms with E-state index in [2.05, 4.69) is 388 Å². The number of likely N-dealkylation sites (tertiary alicyclic amines) is 1. The minimum absolute atomic E-state index is 0.0793. The number of carbonyl (C=O) groups excluding carboxylic acids is 2. The molecule has 0 unspecified atom stereocenters. The van der Waals surface area contributed by atoms with Crippen LogP contribution in [0, 0.1) is 0 Å². The molecule has 2 aromatic rings. The average Bonchev–Trinajstić information content (AvgIpc) is 3.19. The lowest BCUT2D eigenvalue weighted by molar-refractivity contribution is -0.130. The molecule has 0 radical (unpaired) electrons. The molecule has 1 aliphatic heterocycles. The molecule has 1 aromatic heterocycles. The van der Waals surface area contributed by atoms with Crippen LogP contribution in [0.25, 0.3) is 11.3 Å². The Bertz CT molecular complexity index is 865. The second kappa shape index (κ2) is 69.6. The third-order valence-corrected chi connectivity index (χ3v) is 5.02. The number of carbonyl (C=O) groups is 2. The van der Waals surface area contributed by atoms with Gasteiger partial charge in [-0.25, -0.2) is 9.78 Å². The summed E-state index contributed by atoms with van der Waals surface area (Å²) in [5.41, 5.74) is 1.54. The monoisotopic (exact) mass is 2930 g/mol. The first-order valence-electron chi connectivity index (χ1n) is 10.2. The topological polar surface area (TPSA) is 78.4 Å². The number of hydrogen-bond donors (Lipinski definition) is 1. The van der Waals surface area contributed by atoms with E-state index in [0.29, 0.717) is 29.6 Å². The number of piperidine rings is 1. The van der Waals surface area contributed by atoms with Gasteiger partial charge in [0.15, 0.2) is 5.82 Å². The van der Waals surface area contributed by atoms with Crippen LogP contribution in [0.3, 0.4) is 0 Å². The van der Waals surface area contributed by atoms with Crippen LogP contribution in [0.2, 0.25) is 5.02 Å². The molecule has 0 atom stereocenters. The number of aromatic nitrogens is 2. The van der Waals surface area contributed by atoms with Crippen LogP contribution in [-0.4, -0.2) is 57.9 Å². The molecule has 1 aromatic carbocycles. The fraction of sp³-hybridized carbons (Fsp3) is 0.368. The number of rotatable bonds is 3. The number of halogens is 21. The number of amides is 3. The molecule has 1 aliphatic rings. The van der Waals surface area contributed by atoms with Crippen molar-refractivity contribution in [3.63, 3.8) is 0 Å². The van der Waals surface area contributed by atoms with E-state index < -0.39 is 0 Å². The van der Waals surface area contributed by atoms with Crippen LogP contribution in [-0.2, 0) is 4.79 Å². The second-order valence-electron chi connectivity index (χ2n) is 6.58. The Balaban J connectivity index is -0.000000109. The van der Waals surface area contributed by atoms with Crippen molar-refractivity contribution in [1.82, 2.24) is 19.8 Å². The number of hydrogen-bond acceptors (Lipinski definition) is 4. The smallest absolute Gasteiger partial charge is 0.323 e. The molecular formula is C19H22ClI20N5O2. The molecule has 0 saturated carbocycles. The van der Waals surface area contributed by atoms with Crippen LogP contribution in [0.15, 0.2) is 36.7 Å². The average molecular weight is 2930 g/mol. The molecule has 0 spiro atoms. The van der Waals surface area contributed by atoms with Crippen LogP contribution in [0.5, 0.6) is 0 Å². The van der Waals surface area contributed by atoms with Gasteiger partial charge in [0.05, 0.1) is 18.1 Å². The summed E-state index contributed by atoms with van der Waals surface area (Å²) in [5, 5.41) is 3.40. The summed E-state index contributed by atoms with van der Waals surface area (Å²) in [6, 6.07) is 7.21. The van der Waals surface area contributed by atoms with Crippen molar-refractivity contribution in [2.75, 3.05) is 25.5 Å². The molecule has 3 amide bonds. The lowest BCUT2D eigenvalue weighted by atomic mass is 10.0. The van der Waals surface area contributed by atoms with Gasteiger partial charge in [-0.1, -0.05) is 23.7 Å². The van der Waals surface area contributed by atoms with Crippen LogP contribution < -0.4 is 5.32 Å². The van der Waals surface area contributed by atoms with Gasteiger partial charge < -0.3 is 9.80 Å². The highest BCUT2D eigenvalue weighted by Gasteiger charge is 2.26. The molecule has 0 bridgehead atoms. The van der Waals surface area contributed by atoms with Gasteiger partial charge in [-0.2, -0.15) is 0 Å². The van der Waals surface area contributed by atoms with E-state index in [0.717, 1.165) is 18.4 Å². The molecule has 1 fully saturated rings. The van der Waals surface area contributed by atoms with E-state index in [1.165, 1.54) is 6.20 Å². The van der Waals surface area contributed by atoms with Gasteiger partial charge in [0.25, 0.3) is 0 Å². The van der Waals surface area contributed by atoms with Gasteiger partial charge in [-0.3, -0.25) is 15.1 Å². The van der Waals surface area contributed by atoms with Crippen molar-refractivity contribution >= 4 is 402 Å². The Labute approximate surface area is 519 Å². The summed E-state index contributed by atoms with van der Waals surface area (Å²) in [5.74, 6) is 0.467. The van der Waals surface area contributed by atoms with Crippen LogP contribution in [0.1, 0.15) is 19.8 Å². The summed E-state index contributed by atoms with van der Waals surface area (Å²) in [6.07, 6.45) is 4.67. The Kier molecular flexibility index (Phi) is 113. The molecule has 282 valence electrons. The van der Waals surface area contributed by atoms with E-state index >= 15 is 0 Å². The van der Waals surface area contributed by atoms with Gasteiger partial charge in [0.1, 0.15) is 0 Å². The molecule has 7 nitrogen and oxygen atoms in total. The Morgan fingerprint density at radius 2 is 1.17 bits per heavy atom. The number of nitrogens with one attached hydrogen (secondary N) is 1. The molecule has 3 rings (SSSR count). The summed E-state index contributed by atoms with van der Waals surface area (Å²) in [7, 11) is 1.76. The van der Waals surface area contributed by atoms with Crippen molar-refractivity contribution in [2.45, 2.75) is 25.8 Å². The summed E-state index contributed by atoms with van der Waals surface area (Å²) in [4.78, 5) is 36.0. The Hall–Kier alpha value is 11.9. The van der Waals surface area contributed by atoms with Crippen molar-refractivity contribution in [2.24, 2.45) is 0 Å². The highest BCUT2D eigenvalue weighted by molar-refractivity contribution is 15.0. The molecule has 1 saturated heterocycles. The van der Waals surface area contributed by atoms with Gasteiger partial charge in [-0.05, 0) is 25.0 Å². The van der Waals surface area contributed by atoms with Gasteiger partial charge >= 0.3 is 6.03 Å². The maximum atomic E-state index is 12.5. The predicted molar refractivity (Wildman–Crippen MR) is 385 cm³/mol. The largest absolute Gasteiger partial charge is 0.343 e. The maximum absolute atomic E-state index is 12.5.